The Kier molecular flexibility index (Phi) is 4.91. The van der Waals surface area contributed by atoms with E-state index in [9.17, 15) is 4.79 Å². The van der Waals surface area contributed by atoms with Crippen LogP contribution in [0.5, 0.6) is 0 Å². The van der Waals surface area contributed by atoms with Crippen LogP contribution in [-0.4, -0.2) is 30.3 Å². The third-order valence-electron chi connectivity index (χ3n) is 2.55. The molecule has 0 spiro atoms. The minimum Gasteiger partial charge on any atom is -0.376 e. The third kappa shape index (κ3) is 3.94. The molecule has 98 valence electrons. The fourth-order valence-electron chi connectivity index (χ4n) is 1.64. The highest BCUT2D eigenvalue weighted by atomic mass is 32.1. The van der Waals surface area contributed by atoms with Gasteiger partial charge in [0.2, 0.25) is 0 Å². The Balaban J connectivity index is 1.63. The molecule has 1 saturated heterocycles. The number of nitrogens with one attached hydrogen (secondary N) is 3. The molecule has 7 heteroatoms. The van der Waals surface area contributed by atoms with Crippen LogP contribution >= 0.6 is 23.6 Å². The average molecular weight is 285 g/mol. The molecule has 0 bridgehead atoms. The molecule has 1 aromatic heterocycles. The number of amides is 1. The van der Waals surface area contributed by atoms with Crippen molar-refractivity contribution in [3.8, 4) is 0 Å². The lowest BCUT2D eigenvalue weighted by atomic mass is 10.2. The zero-order valence-electron chi connectivity index (χ0n) is 9.77. The Labute approximate surface area is 115 Å². The number of hydrogen-bond donors (Lipinski definition) is 3. The number of ether oxygens (including phenoxy) is 1. The Morgan fingerprint density at radius 2 is 2.44 bits per heavy atom. The van der Waals surface area contributed by atoms with Gasteiger partial charge in [0.15, 0.2) is 5.11 Å². The van der Waals surface area contributed by atoms with Gasteiger partial charge in [-0.15, -0.1) is 11.3 Å². The smallest absolute Gasteiger partial charge is 0.279 e. The summed E-state index contributed by atoms with van der Waals surface area (Å²) in [4.78, 5) is 12.2. The van der Waals surface area contributed by atoms with Gasteiger partial charge in [0.25, 0.3) is 5.91 Å². The van der Waals surface area contributed by atoms with Crippen molar-refractivity contribution in [2.75, 3.05) is 13.2 Å². The van der Waals surface area contributed by atoms with Gasteiger partial charge >= 0.3 is 0 Å². The molecule has 0 aromatic carbocycles. The van der Waals surface area contributed by atoms with E-state index < -0.39 is 0 Å². The van der Waals surface area contributed by atoms with Gasteiger partial charge in [-0.1, -0.05) is 6.07 Å². The molecule has 1 atom stereocenters. The van der Waals surface area contributed by atoms with Gasteiger partial charge in [0, 0.05) is 13.2 Å². The van der Waals surface area contributed by atoms with Crippen molar-refractivity contribution in [2.45, 2.75) is 18.9 Å². The first kappa shape index (κ1) is 13.3. The summed E-state index contributed by atoms with van der Waals surface area (Å²) < 4.78 is 5.45. The van der Waals surface area contributed by atoms with Crippen molar-refractivity contribution < 1.29 is 9.53 Å². The summed E-state index contributed by atoms with van der Waals surface area (Å²) in [6, 6.07) is 3.58. The zero-order chi connectivity index (χ0) is 12.8. The Bertz CT molecular complexity index is 402. The number of hydrogen-bond acceptors (Lipinski definition) is 4. The lowest BCUT2D eigenvalue weighted by Gasteiger charge is -2.14. The SMILES string of the molecule is O=C(NNC(=S)NC[C@H]1CCCO1)c1cccs1. The van der Waals surface area contributed by atoms with Gasteiger partial charge in [-0.25, -0.2) is 0 Å². The van der Waals surface area contributed by atoms with Crippen molar-refractivity contribution >= 4 is 34.6 Å². The number of hydrazine groups is 1. The van der Waals surface area contributed by atoms with E-state index in [1.54, 1.807) is 6.07 Å². The molecule has 18 heavy (non-hydrogen) atoms. The van der Waals surface area contributed by atoms with Crippen molar-refractivity contribution in [3.05, 3.63) is 22.4 Å². The Morgan fingerprint density at radius 1 is 1.56 bits per heavy atom. The second-order valence-corrected chi connectivity index (χ2v) is 5.26. The van der Waals surface area contributed by atoms with E-state index in [0.717, 1.165) is 19.4 Å². The van der Waals surface area contributed by atoms with Crippen LogP contribution in [0.2, 0.25) is 0 Å². The molecule has 0 saturated carbocycles. The Hall–Kier alpha value is -1.18. The summed E-state index contributed by atoms with van der Waals surface area (Å²) in [6.07, 6.45) is 2.37. The highest BCUT2D eigenvalue weighted by Crippen LogP contribution is 2.10. The van der Waals surface area contributed by atoms with Crippen LogP contribution in [0.1, 0.15) is 22.5 Å². The minimum absolute atomic E-state index is 0.189. The molecule has 0 radical (unpaired) electrons. The minimum atomic E-state index is -0.189. The van der Waals surface area contributed by atoms with Gasteiger partial charge in [0.1, 0.15) is 0 Å². The average Bonchev–Trinajstić information content (AvgIpc) is 3.05. The number of rotatable bonds is 3. The van der Waals surface area contributed by atoms with Gasteiger partial charge in [-0.3, -0.25) is 15.6 Å². The van der Waals surface area contributed by atoms with E-state index in [1.165, 1.54) is 11.3 Å². The number of carbonyl (C=O) groups is 1. The lowest BCUT2D eigenvalue weighted by molar-refractivity contribution is 0.0947. The summed E-state index contributed by atoms with van der Waals surface area (Å²) >= 11 is 6.43. The second-order valence-electron chi connectivity index (χ2n) is 3.90. The molecule has 1 aliphatic rings. The van der Waals surface area contributed by atoms with Gasteiger partial charge in [0.05, 0.1) is 11.0 Å². The first-order chi connectivity index (χ1) is 8.75. The first-order valence-electron chi connectivity index (χ1n) is 5.75. The predicted octanol–water partition coefficient (Wildman–Crippen LogP) is 1.04. The summed E-state index contributed by atoms with van der Waals surface area (Å²) in [5.74, 6) is -0.189. The van der Waals surface area contributed by atoms with E-state index in [-0.39, 0.29) is 12.0 Å². The number of thiophene rings is 1. The Morgan fingerprint density at radius 3 is 3.11 bits per heavy atom. The van der Waals surface area contributed by atoms with Gasteiger partial charge in [-0.05, 0) is 36.5 Å². The summed E-state index contributed by atoms with van der Waals surface area (Å²) in [5.41, 5.74) is 5.20. The maximum atomic E-state index is 11.6. The first-order valence-corrected chi connectivity index (χ1v) is 7.04. The monoisotopic (exact) mass is 285 g/mol. The quantitative estimate of drug-likeness (QED) is 0.572. The second kappa shape index (κ2) is 6.67. The molecule has 1 aromatic rings. The summed E-state index contributed by atoms with van der Waals surface area (Å²) in [5, 5.41) is 5.26. The maximum Gasteiger partial charge on any atom is 0.279 e. The largest absolute Gasteiger partial charge is 0.376 e. The van der Waals surface area contributed by atoms with Crippen LogP contribution in [0.4, 0.5) is 0 Å². The van der Waals surface area contributed by atoms with Gasteiger partial charge < -0.3 is 10.1 Å². The van der Waals surface area contributed by atoms with E-state index in [1.807, 2.05) is 11.4 Å². The molecule has 2 rings (SSSR count). The van der Waals surface area contributed by atoms with Crippen LogP contribution in [0.15, 0.2) is 17.5 Å². The number of thiocarbonyl (C=S) groups is 1. The van der Waals surface area contributed by atoms with Crippen LogP contribution in [0.25, 0.3) is 0 Å². The lowest BCUT2D eigenvalue weighted by Crippen LogP contribution is -2.48. The molecule has 0 aliphatic carbocycles. The van der Waals surface area contributed by atoms with Crippen LogP contribution in [0, 0.1) is 0 Å². The predicted molar refractivity (Wildman–Crippen MR) is 74.5 cm³/mol. The standard InChI is InChI=1S/C11H15N3O2S2/c15-10(9-4-2-6-18-9)13-14-11(17)12-7-8-3-1-5-16-8/h2,4,6,8H,1,3,5,7H2,(H,13,15)(H2,12,14,17)/t8-/m1/s1. The van der Waals surface area contributed by atoms with Crippen molar-refractivity contribution in [2.24, 2.45) is 0 Å². The topological polar surface area (TPSA) is 62.4 Å². The fraction of sp³-hybridized carbons (Fsp3) is 0.455. The molecule has 1 amide bonds. The van der Waals surface area contributed by atoms with Crippen molar-refractivity contribution in [3.63, 3.8) is 0 Å². The molecule has 1 fully saturated rings. The van der Waals surface area contributed by atoms with Crippen LogP contribution in [-0.2, 0) is 4.74 Å². The molecular formula is C11H15N3O2S2. The number of carbonyl (C=O) groups excluding carboxylic acids is 1. The van der Waals surface area contributed by atoms with E-state index >= 15 is 0 Å². The highest BCUT2D eigenvalue weighted by molar-refractivity contribution is 7.80. The van der Waals surface area contributed by atoms with Crippen molar-refractivity contribution in [1.82, 2.24) is 16.2 Å². The van der Waals surface area contributed by atoms with Crippen LogP contribution < -0.4 is 16.2 Å². The third-order valence-corrected chi connectivity index (χ3v) is 3.66. The van der Waals surface area contributed by atoms with E-state index in [4.69, 9.17) is 17.0 Å². The molecule has 5 nitrogen and oxygen atoms in total. The fourth-order valence-corrected chi connectivity index (χ4v) is 2.39. The maximum absolute atomic E-state index is 11.6. The summed E-state index contributed by atoms with van der Waals surface area (Å²) in [6.45, 7) is 1.49. The zero-order valence-corrected chi connectivity index (χ0v) is 11.4. The normalized spacial score (nSPS) is 18.3. The highest BCUT2D eigenvalue weighted by Gasteiger charge is 2.15. The molecule has 2 heterocycles. The van der Waals surface area contributed by atoms with Crippen LogP contribution in [0.3, 0.4) is 0 Å². The molecule has 3 N–H and O–H groups in total. The van der Waals surface area contributed by atoms with Crippen molar-refractivity contribution in [1.29, 1.82) is 0 Å². The molecular weight excluding hydrogens is 270 g/mol. The van der Waals surface area contributed by atoms with E-state index in [2.05, 4.69) is 16.2 Å². The van der Waals surface area contributed by atoms with E-state index in [0.29, 0.717) is 16.5 Å². The molecule has 1 aliphatic heterocycles. The summed E-state index contributed by atoms with van der Waals surface area (Å²) in [7, 11) is 0. The van der Waals surface area contributed by atoms with Gasteiger partial charge in [-0.2, -0.15) is 0 Å². The molecule has 0 unspecified atom stereocenters.